The minimum atomic E-state index is -3.75. The largest absolute Gasteiger partial charge is 0.497 e. The highest BCUT2D eigenvalue weighted by molar-refractivity contribution is 7.92. The van der Waals surface area contributed by atoms with Gasteiger partial charge in [-0.3, -0.25) is 4.79 Å². The van der Waals surface area contributed by atoms with E-state index >= 15 is 0 Å². The van der Waals surface area contributed by atoms with E-state index in [2.05, 4.69) is 0 Å². The molecule has 1 heterocycles. The summed E-state index contributed by atoms with van der Waals surface area (Å²) in [5, 5.41) is 3.06. The summed E-state index contributed by atoms with van der Waals surface area (Å²) in [5.41, 5.74) is 1.44. The predicted molar refractivity (Wildman–Crippen MR) is 126 cm³/mol. The first kappa shape index (κ1) is 22.7. The Labute approximate surface area is 187 Å². The van der Waals surface area contributed by atoms with E-state index < -0.39 is 10.0 Å². The Kier molecular flexibility index (Phi) is 7.62. The molecule has 0 fully saturated rings. The lowest BCUT2D eigenvalue weighted by Gasteiger charge is -2.25. The summed E-state index contributed by atoms with van der Waals surface area (Å²) in [6, 6.07) is 20.1. The summed E-state index contributed by atoms with van der Waals surface area (Å²) < 4.78 is 31.6. The molecule has 3 aromatic rings. The third-order valence-corrected chi connectivity index (χ3v) is 6.94. The first-order valence-corrected chi connectivity index (χ1v) is 11.9. The van der Waals surface area contributed by atoms with Crippen molar-refractivity contribution in [1.82, 2.24) is 4.31 Å². The van der Waals surface area contributed by atoms with Crippen molar-refractivity contribution >= 4 is 39.0 Å². The monoisotopic (exact) mass is 456 g/mol. The minimum Gasteiger partial charge on any atom is -0.497 e. The number of carbonyl (C=O) groups is 1. The molecule has 0 radical (unpaired) electrons. The van der Waals surface area contributed by atoms with Crippen molar-refractivity contribution < 1.29 is 17.9 Å². The number of sulfonamides is 1. The zero-order valence-corrected chi connectivity index (χ0v) is 19.0. The van der Waals surface area contributed by atoms with Crippen molar-refractivity contribution in [2.75, 3.05) is 25.6 Å². The molecule has 0 saturated heterocycles. The van der Waals surface area contributed by atoms with Gasteiger partial charge in [0.05, 0.1) is 20.2 Å². The Balaban J connectivity index is 1.77. The van der Waals surface area contributed by atoms with E-state index in [1.807, 2.05) is 47.8 Å². The highest BCUT2D eigenvalue weighted by Gasteiger charge is 2.23. The van der Waals surface area contributed by atoms with Crippen LogP contribution in [-0.4, -0.2) is 39.3 Å². The molecule has 31 heavy (non-hydrogen) atoms. The molecule has 0 aliphatic rings. The molecule has 0 saturated carbocycles. The van der Waals surface area contributed by atoms with Gasteiger partial charge in [-0.25, -0.2) is 8.42 Å². The summed E-state index contributed by atoms with van der Waals surface area (Å²) in [4.78, 5) is 15.7. The Bertz CT molecular complexity index is 1110. The van der Waals surface area contributed by atoms with Gasteiger partial charge in [-0.2, -0.15) is 4.31 Å². The van der Waals surface area contributed by atoms with E-state index in [1.165, 1.54) is 24.5 Å². The van der Waals surface area contributed by atoms with E-state index in [0.717, 1.165) is 20.2 Å². The maximum atomic E-state index is 13.1. The second kappa shape index (κ2) is 10.4. The SMILES string of the molecule is COc1ccc(N(Cc2cccs2)C(=O)CN(C)S(=O)(=O)C=Cc2ccccc2)cc1. The molecular weight excluding hydrogens is 432 g/mol. The van der Waals surface area contributed by atoms with Gasteiger partial charge in [0, 0.05) is 23.0 Å². The van der Waals surface area contributed by atoms with E-state index in [0.29, 0.717) is 18.0 Å². The van der Waals surface area contributed by atoms with Crippen LogP contribution in [0.15, 0.2) is 77.5 Å². The van der Waals surface area contributed by atoms with Crippen molar-refractivity contribution in [2.45, 2.75) is 6.54 Å². The van der Waals surface area contributed by atoms with Gasteiger partial charge in [0.1, 0.15) is 5.75 Å². The third kappa shape index (κ3) is 6.27. The first-order valence-electron chi connectivity index (χ1n) is 9.55. The van der Waals surface area contributed by atoms with Crippen LogP contribution in [0.25, 0.3) is 6.08 Å². The van der Waals surface area contributed by atoms with Crippen LogP contribution in [0.5, 0.6) is 5.75 Å². The number of hydrogen-bond acceptors (Lipinski definition) is 5. The lowest BCUT2D eigenvalue weighted by Crippen LogP contribution is -2.40. The summed E-state index contributed by atoms with van der Waals surface area (Å²) in [5.74, 6) is 0.357. The lowest BCUT2D eigenvalue weighted by molar-refractivity contribution is -0.118. The minimum absolute atomic E-state index is 0.279. The van der Waals surface area contributed by atoms with E-state index in [4.69, 9.17) is 4.74 Å². The molecule has 2 aromatic carbocycles. The molecule has 162 valence electrons. The number of methoxy groups -OCH3 is 1. The molecule has 6 nitrogen and oxygen atoms in total. The molecule has 1 aromatic heterocycles. The maximum absolute atomic E-state index is 13.1. The van der Waals surface area contributed by atoms with Gasteiger partial charge < -0.3 is 9.64 Å². The Morgan fingerprint density at radius 1 is 1.03 bits per heavy atom. The zero-order valence-electron chi connectivity index (χ0n) is 17.3. The Hall–Kier alpha value is -2.94. The number of hydrogen-bond donors (Lipinski definition) is 0. The summed E-state index contributed by atoms with van der Waals surface area (Å²) >= 11 is 1.54. The van der Waals surface area contributed by atoms with Crippen LogP contribution in [0.1, 0.15) is 10.4 Å². The van der Waals surface area contributed by atoms with Crippen LogP contribution >= 0.6 is 11.3 Å². The summed E-state index contributed by atoms with van der Waals surface area (Å²) in [7, 11) is -0.776. The first-order chi connectivity index (χ1) is 14.9. The van der Waals surface area contributed by atoms with Crippen LogP contribution in [-0.2, 0) is 21.4 Å². The average Bonchev–Trinajstić information content (AvgIpc) is 3.30. The predicted octanol–water partition coefficient (Wildman–Crippen LogP) is 4.22. The summed E-state index contributed by atoms with van der Waals surface area (Å²) in [6.07, 6.45) is 1.52. The second-order valence-electron chi connectivity index (χ2n) is 6.77. The average molecular weight is 457 g/mol. The standard InChI is InChI=1S/C23H24N2O4S2/c1-24(31(27,28)16-14-19-7-4-3-5-8-19)18-23(26)25(17-22-9-6-15-30-22)20-10-12-21(29-2)13-11-20/h3-16H,17-18H2,1-2H3. The fourth-order valence-electron chi connectivity index (χ4n) is 2.84. The fourth-order valence-corrected chi connectivity index (χ4v) is 4.36. The highest BCUT2D eigenvalue weighted by Crippen LogP contribution is 2.23. The molecule has 1 amide bonds. The molecule has 0 unspecified atom stereocenters. The van der Waals surface area contributed by atoms with Crippen LogP contribution in [0, 0.1) is 0 Å². The molecule has 3 rings (SSSR count). The highest BCUT2D eigenvalue weighted by atomic mass is 32.2. The van der Waals surface area contributed by atoms with Gasteiger partial charge in [0.15, 0.2) is 0 Å². The molecule has 0 bridgehead atoms. The number of rotatable bonds is 9. The molecule has 0 spiro atoms. The normalized spacial score (nSPS) is 11.7. The van der Waals surface area contributed by atoms with Gasteiger partial charge in [-0.15, -0.1) is 11.3 Å². The number of amides is 1. The molecule has 0 atom stereocenters. The number of likely N-dealkylation sites (N-methyl/N-ethyl adjacent to an activating group) is 1. The molecule has 0 aliphatic carbocycles. The number of benzene rings is 2. The smallest absolute Gasteiger partial charge is 0.242 e. The molecule has 0 N–H and O–H groups in total. The fraction of sp³-hybridized carbons (Fsp3) is 0.174. The van der Waals surface area contributed by atoms with Crippen molar-refractivity contribution in [2.24, 2.45) is 0 Å². The quantitative estimate of drug-likeness (QED) is 0.483. The van der Waals surface area contributed by atoms with Crippen molar-refractivity contribution in [1.29, 1.82) is 0 Å². The number of nitrogens with zero attached hydrogens (tertiary/aromatic N) is 2. The second-order valence-corrected chi connectivity index (χ2v) is 9.73. The number of carbonyl (C=O) groups excluding carboxylic acids is 1. The number of ether oxygens (including phenoxy) is 1. The number of anilines is 1. The van der Waals surface area contributed by atoms with Crippen molar-refractivity contribution in [3.05, 3.63) is 88.0 Å². The zero-order chi connectivity index (χ0) is 22.3. The van der Waals surface area contributed by atoms with Gasteiger partial charge in [-0.05, 0) is 47.4 Å². The van der Waals surface area contributed by atoms with Crippen LogP contribution < -0.4 is 9.64 Å². The van der Waals surface area contributed by atoms with Crippen LogP contribution in [0.4, 0.5) is 5.69 Å². The Morgan fingerprint density at radius 2 is 1.74 bits per heavy atom. The van der Waals surface area contributed by atoms with Gasteiger partial charge >= 0.3 is 0 Å². The van der Waals surface area contributed by atoms with Gasteiger partial charge in [0.25, 0.3) is 0 Å². The van der Waals surface area contributed by atoms with Crippen LogP contribution in [0.2, 0.25) is 0 Å². The maximum Gasteiger partial charge on any atom is 0.242 e. The topological polar surface area (TPSA) is 66.9 Å². The Morgan fingerprint density at radius 3 is 2.35 bits per heavy atom. The van der Waals surface area contributed by atoms with Gasteiger partial charge in [-0.1, -0.05) is 36.4 Å². The lowest BCUT2D eigenvalue weighted by atomic mass is 10.2. The van der Waals surface area contributed by atoms with E-state index in [1.54, 1.807) is 36.3 Å². The van der Waals surface area contributed by atoms with E-state index in [-0.39, 0.29) is 12.5 Å². The number of thiophene rings is 1. The van der Waals surface area contributed by atoms with Gasteiger partial charge in [0.2, 0.25) is 15.9 Å². The molecular formula is C23H24N2O4S2. The summed E-state index contributed by atoms with van der Waals surface area (Å²) in [6.45, 7) is 0.0788. The molecule has 8 heteroatoms. The van der Waals surface area contributed by atoms with E-state index in [9.17, 15) is 13.2 Å². The van der Waals surface area contributed by atoms with Crippen molar-refractivity contribution in [3.8, 4) is 5.75 Å². The van der Waals surface area contributed by atoms with Crippen LogP contribution in [0.3, 0.4) is 0 Å². The third-order valence-electron chi connectivity index (χ3n) is 4.60. The molecule has 0 aliphatic heterocycles. The van der Waals surface area contributed by atoms with Crippen molar-refractivity contribution in [3.63, 3.8) is 0 Å².